The summed E-state index contributed by atoms with van der Waals surface area (Å²) in [4.78, 5) is -0.748. The molecule has 108 valence electrons. The molecule has 0 radical (unpaired) electrons. The molecule has 0 spiro atoms. The van der Waals surface area contributed by atoms with Gasteiger partial charge in [0, 0.05) is 6.04 Å². The van der Waals surface area contributed by atoms with Gasteiger partial charge in [-0.3, -0.25) is 0 Å². The van der Waals surface area contributed by atoms with Gasteiger partial charge in [0.25, 0.3) is 9.84 Å². The predicted octanol–water partition coefficient (Wildman–Crippen LogP) is 2.51. The zero-order valence-corrected chi connectivity index (χ0v) is 11.4. The lowest BCUT2D eigenvalue weighted by Gasteiger charge is -2.15. The van der Waals surface area contributed by atoms with Crippen LogP contribution in [-0.4, -0.2) is 20.0 Å². The van der Waals surface area contributed by atoms with Gasteiger partial charge in [-0.1, -0.05) is 26.0 Å². The first-order valence-electron chi connectivity index (χ1n) is 5.71. The second kappa shape index (κ2) is 5.50. The first-order chi connectivity index (χ1) is 8.55. The zero-order chi connectivity index (χ0) is 14.8. The minimum atomic E-state index is -5.27. The number of alkyl halides is 3. The van der Waals surface area contributed by atoms with Gasteiger partial charge in [-0.05, 0) is 30.0 Å². The number of rotatable bonds is 4. The third-order valence-corrected chi connectivity index (χ3v) is 4.37. The number of hydrogen-bond acceptors (Lipinski definition) is 3. The van der Waals surface area contributed by atoms with E-state index in [9.17, 15) is 21.6 Å². The number of benzene rings is 1. The maximum atomic E-state index is 12.3. The second-order valence-electron chi connectivity index (χ2n) is 4.71. The molecule has 1 unspecified atom stereocenters. The van der Waals surface area contributed by atoms with Gasteiger partial charge in [0.05, 0.1) is 4.90 Å². The number of halogens is 3. The molecule has 0 fully saturated rings. The highest BCUT2D eigenvalue weighted by Gasteiger charge is 2.46. The molecule has 0 aliphatic carbocycles. The number of sulfone groups is 1. The van der Waals surface area contributed by atoms with E-state index >= 15 is 0 Å². The van der Waals surface area contributed by atoms with Crippen molar-refractivity contribution in [3.8, 4) is 0 Å². The highest BCUT2D eigenvalue weighted by Crippen LogP contribution is 2.30. The standard InChI is InChI=1S/C12H16F3NO2S/c1-8(2)11(16)7-9-3-5-10(6-4-9)19(17,18)12(13,14)15/h3-6,8,11H,7,16H2,1-2H3. The molecule has 1 aromatic rings. The highest BCUT2D eigenvalue weighted by molar-refractivity contribution is 7.92. The van der Waals surface area contributed by atoms with Crippen molar-refractivity contribution in [2.75, 3.05) is 0 Å². The van der Waals surface area contributed by atoms with Crippen LogP contribution in [0.2, 0.25) is 0 Å². The highest BCUT2D eigenvalue weighted by atomic mass is 32.2. The lowest BCUT2D eigenvalue weighted by molar-refractivity contribution is -0.0436. The number of nitrogens with two attached hydrogens (primary N) is 1. The zero-order valence-electron chi connectivity index (χ0n) is 10.6. The van der Waals surface area contributed by atoms with Crippen LogP contribution in [0, 0.1) is 5.92 Å². The topological polar surface area (TPSA) is 60.2 Å². The summed E-state index contributed by atoms with van der Waals surface area (Å²) >= 11 is 0. The van der Waals surface area contributed by atoms with Crippen molar-refractivity contribution in [1.29, 1.82) is 0 Å². The van der Waals surface area contributed by atoms with Gasteiger partial charge in [0.15, 0.2) is 0 Å². The smallest absolute Gasteiger partial charge is 0.327 e. The largest absolute Gasteiger partial charge is 0.501 e. The predicted molar refractivity (Wildman–Crippen MR) is 66.2 cm³/mol. The molecule has 0 heterocycles. The summed E-state index contributed by atoms with van der Waals surface area (Å²) < 4.78 is 59.3. The van der Waals surface area contributed by atoms with Gasteiger partial charge in [-0.15, -0.1) is 0 Å². The minimum absolute atomic E-state index is 0.120. The van der Waals surface area contributed by atoms with E-state index in [0.717, 1.165) is 12.1 Å². The molecule has 7 heteroatoms. The van der Waals surface area contributed by atoms with Gasteiger partial charge in [0.1, 0.15) is 0 Å². The molecule has 0 amide bonds. The van der Waals surface area contributed by atoms with E-state index in [4.69, 9.17) is 5.73 Å². The van der Waals surface area contributed by atoms with Crippen LogP contribution in [-0.2, 0) is 16.3 Å². The molecule has 3 nitrogen and oxygen atoms in total. The maximum Gasteiger partial charge on any atom is 0.501 e. The Morgan fingerprint density at radius 2 is 1.63 bits per heavy atom. The molecule has 1 aromatic carbocycles. The van der Waals surface area contributed by atoms with Crippen molar-refractivity contribution in [3.63, 3.8) is 0 Å². The van der Waals surface area contributed by atoms with E-state index in [1.165, 1.54) is 12.1 Å². The van der Waals surface area contributed by atoms with E-state index in [-0.39, 0.29) is 12.0 Å². The van der Waals surface area contributed by atoms with E-state index in [1.54, 1.807) is 0 Å². The molecule has 0 aliphatic rings. The molecule has 1 rings (SSSR count). The SMILES string of the molecule is CC(C)C(N)Cc1ccc(S(=O)(=O)C(F)(F)F)cc1. The normalized spacial score (nSPS) is 14.7. The fourth-order valence-corrected chi connectivity index (χ4v) is 2.21. The van der Waals surface area contributed by atoms with Crippen molar-refractivity contribution < 1.29 is 21.6 Å². The van der Waals surface area contributed by atoms with Crippen molar-refractivity contribution in [2.24, 2.45) is 11.7 Å². The van der Waals surface area contributed by atoms with Crippen molar-refractivity contribution in [3.05, 3.63) is 29.8 Å². The molecule has 1 atom stereocenters. The molecule has 0 aliphatic heterocycles. The Kier molecular flexibility index (Phi) is 4.63. The van der Waals surface area contributed by atoms with Gasteiger partial charge < -0.3 is 5.73 Å². The van der Waals surface area contributed by atoms with E-state index in [2.05, 4.69) is 0 Å². The van der Waals surface area contributed by atoms with Crippen LogP contribution in [0.3, 0.4) is 0 Å². The Labute approximate surface area is 110 Å². The quantitative estimate of drug-likeness (QED) is 0.928. The summed E-state index contributed by atoms with van der Waals surface area (Å²) in [6.07, 6.45) is 0.490. The van der Waals surface area contributed by atoms with Crippen LogP contribution in [0.1, 0.15) is 19.4 Å². The van der Waals surface area contributed by atoms with Gasteiger partial charge in [-0.25, -0.2) is 8.42 Å². The third-order valence-electron chi connectivity index (χ3n) is 2.87. The van der Waals surface area contributed by atoms with Crippen LogP contribution in [0.5, 0.6) is 0 Å². The Hall–Kier alpha value is -1.08. The summed E-state index contributed by atoms with van der Waals surface area (Å²) in [6, 6.07) is 4.53. The van der Waals surface area contributed by atoms with Crippen molar-refractivity contribution >= 4 is 9.84 Å². The molecule has 0 saturated carbocycles. The summed E-state index contributed by atoms with van der Waals surface area (Å²) in [5.41, 5.74) is 1.28. The van der Waals surface area contributed by atoms with Gasteiger partial charge in [0.2, 0.25) is 0 Å². The van der Waals surface area contributed by atoms with Crippen molar-refractivity contribution in [1.82, 2.24) is 0 Å². The molecular formula is C12H16F3NO2S. The summed E-state index contributed by atoms with van der Waals surface area (Å²) in [7, 11) is -5.27. The van der Waals surface area contributed by atoms with E-state index < -0.39 is 20.2 Å². The molecule has 19 heavy (non-hydrogen) atoms. The average molecular weight is 295 g/mol. The van der Waals surface area contributed by atoms with E-state index in [1.807, 2.05) is 13.8 Å². The molecule has 0 bridgehead atoms. The lowest BCUT2D eigenvalue weighted by atomic mass is 9.97. The monoisotopic (exact) mass is 295 g/mol. The second-order valence-corrected chi connectivity index (χ2v) is 6.65. The summed E-state index contributed by atoms with van der Waals surface area (Å²) in [6.45, 7) is 3.88. The number of hydrogen-bond donors (Lipinski definition) is 1. The average Bonchev–Trinajstić information content (AvgIpc) is 2.28. The Bertz CT molecular complexity index is 521. The molecular weight excluding hydrogens is 279 g/mol. The van der Waals surface area contributed by atoms with E-state index in [0.29, 0.717) is 12.0 Å². The van der Waals surface area contributed by atoms with Gasteiger partial charge >= 0.3 is 5.51 Å². The van der Waals surface area contributed by atoms with Crippen LogP contribution >= 0.6 is 0 Å². The Balaban J connectivity index is 2.95. The fourth-order valence-electron chi connectivity index (χ4n) is 1.45. The lowest BCUT2D eigenvalue weighted by Crippen LogP contribution is -2.28. The Morgan fingerprint density at radius 1 is 1.16 bits per heavy atom. The van der Waals surface area contributed by atoms with Crippen LogP contribution in [0.4, 0.5) is 13.2 Å². The first kappa shape index (κ1) is 16.0. The van der Waals surface area contributed by atoms with Gasteiger partial charge in [-0.2, -0.15) is 13.2 Å². The first-order valence-corrected chi connectivity index (χ1v) is 7.20. The minimum Gasteiger partial charge on any atom is -0.327 e. The maximum absolute atomic E-state index is 12.3. The molecule has 0 saturated heterocycles. The van der Waals surface area contributed by atoms with Crippen molar-refractivity contribution in [2.45, 2.75) is 36.7 Å². The molecule has 2 N–H and O–H groups in total. The van der Waals surface area contributed by atoms with Crippen LogP contribution < -0.4 is 5.73 Å². The summed E-state index contributed by atoms with van der Waals surface area (Å²) in [5.74, 6) is 0.235. The Morgan fingerprint density at radius 3 is 2.00 bits per heavy atom. The summed E-state index contributed by atoms with van der Waals surface area (Å²) in [5, 5.41) is 0. The fraction of sp³-hybridized carbons (Fsp3) is 0.500. The van der Waals surface area contributed by atoms with Crippen LogP contribution in [0.15, 0.2) is 29.2 Å². The van der Waals surface area contributed by atoms with Crippen LogP contribution in [0.25, 0.3) is 0 Å². The molecule has 0 aromatic heterocycles. The third kappa shape index (κ3) is 3.70.